The van der Waals surface area contributed by atoms with Gasteiger partial charge in [-0.25, -0.2) is 4.79 Å². The molecule has 17 heavy (non-hydrogen) atoms. The van der Waals surface area contributed by atoms with E-state index < -0.39 is 5.97 Å². The van der Waals surface area contributed by atoms with Crippen LogP contribution in [0, 0.1) is 0 Å². The molecule has 2 heterocycles. The van der Waals surface area contributed by atoms with Gasteiger partial charge in [-0.1, -0.05) is 15.9 Å². The van der Waals surface area contributed by atoms with Crippen LogP contribution in [0.5, 0.6) is 0 Å². The number of rotatable bonds is 2. The lowest BCUT2D eigenvalue weighted by atomic mass is 10.2. The number of ether oxygens (including phenoxy) is 1. The molecule has 0 aromatic carbocycles. The van der Waals surface area contributed by atoms with Gasteiger partial charge in [0.25, 0.3) is 0 Å². The number of amides is 1. The Morgan fingerprint density at radius 1 is 1.65 bits per heavy atom. The van der Waals surface area contributed by atoms with Crippen molar-refractivity contribution in [1.82, 2.24) is 4.98 Å². The third-order valence-electron chi connectivity index (χ3n) is 2.57. The molecule has 0 radical (unpaired) electrons. The molecule has 0 aliphatic carbocycles. The molecular weight excluding hydrogens is 288 g/mol. The van der Waals surface area contributed by atoms with Gasteiger partial charge in [0.15, 0.2) is 0 Å². The second-order valence-electron chi connectivity index (χ2n) is 3.69. The van der Waals surface area contributed by atoms with E-state index in [0.29, 0.717) is 24.2 Å². The first-order valence-corrected chi connectivity index (χ1v) is 6.02. The van der Waals surface area contributed by atoms with E-state index in [9.17, 15) is 9.59 Å². The smallest absolute Gasteiger partial charge is 0.341 e. The van der Waals surface area contributed by atoms with Crippen LogP contribution in [0.25, 0.3) is 0 Å². The van der Waals surface area contributed by atoms with E-state index in [1.807, 2.05) is 0 Å². The summed E-state index contributed by atoms with van der Waals surface area (Å²) < 4.78 is 4.67. The predicted molar refractivity (Wildman–Crippen MR) is 65.3 cm³/mol. The summed E-state index contributed by atoms with van der Waals surface area (Å²) in [5.41, 5.74) is 0.865. The van der Waals surface area contributed by atoms with E-state index in [-0.39, 0.29) is 10.7 Å². The molecule has 6 heteroatoms. The van der Waals surface area contributed by atoms with Crippen molar-refractivity contribution in [2.24, 2.45) is 0 Å². The number of alkyl halides is 1. The summed E-state index contributed by atoms with van der Waals surface area (Å²) in [6, 6.07) is 1.65. The molecule has 5 nitrogen and oxygen atoms in total. The van der Waals surface area contributed by atoms with Crippen LogP contribution >= 0.6 is 15.9 Å². The summed E-state index contributed by atoms with van der Waals surface area (Å²) >= 11 is 3.40. The van der Waals surface area contributed by atoms with Crippen molar-refractivity contribution >= 4 is 33.5 Å². The second kappa shape index (κ2) is 4.83. The Morgan fingerprint density at radius 3 is 3.00 bits per heavy atom. The van der Waals surface area contributed by atoms with Gasteiger partial charge < -0.3 is 9.64 Å². The molecule has 90 valence electrons. The molecular formula is C11H11BrN2O3. The van der Waals surface area contributed by atoms with Crippen molar-refractivity contribution in [1.29, 1.82) is 0 Å². The molecule has 1 amide bonds. The van der Waals surface area contributed by atoms with Crippen molar-refractivity contribution in [2.75, 3.05) is 18.6 Å². The SMILES string of the molecule is COC(=O)c1cnccc1N1CC(Br)CC1=O. The Morgan fingerprint density at radius 2 is 2.41 bits per heavy atom. The van der Waals surface area contributed by atoms with Gasteiger partial charge in [-0.05, 0) is 6.07 Å². The number of esters is 1. The molecule has 1 saturated heterocycles. The molecule has 1 aromatic rings. The first-order valence-electron chi connectivity index (χ1n) is 5.10. The lowest BCUT2D eigenvalue weighted by molar-refractivity contribution is -0.117. The fraction of sp³-hybridized carbons (Fsp3) is 0.364. The third-order valence-corrected chi connectivity index (χ3v) is 3.19. The first kappa shape index (κ1) is 12.0. The summed E-state index contributed by atoms with van der Waals surface area (Å²) in [4.78, 5) is 28.9. The minimum atomic E-state index is -0.487. The van der Waals surface area contributed by atoms with Crippen molar-refractivity contribution in [3.05, 3.63) is 24.0 Å². The van der Waals surface area contributed by atoms with E-state index in [2.05, 4.69) is 25.7 Å². The highest BCUT2D eigenvalue weighted by Gasteiger charge is 2.31. The van der Waals surface area contributed by atoms with Gasteiger partial charge in [0.2, 0.25) is 5.91 Å². The number of carbonyl (C=O) groups excluding carboxylic acids is 2. The van der Waals surface area contributed by atoms with E-state index in [4.69, 9.17) is 0 Å². The van der Waals surface area contributed by atoms with Gasteiger partial charge in [0.1, 0.15) is 5.56 Å². The van der Waals surface area contributed by atoms with Crippen molar-refractivity contribution in [2.45, 2.75) is 11.2 Å². The number of methoxy groups -OCH3 is 1. The molecule has 1 aromatic heterocycles. The van der Waals surface area contributed by atoms with Crippen LogP contribution in [-0.4, -0.2) is 35.3 Å². The highest BCUT2D eigenvalue weighted by Crippen LogP contribution is 2.27. The predicted octanol–water partition coefficient (Wildman–Crippen LogP) is 1.37. The lowest BCUT2D eigenvalue weighted by Crippen LogP contribution is -2.26. The zero-order valence-electron chi connectivity index (χ0n) is 9.22. The van der Waals surface area contributed by atoms with Crippen LogP contribution in [0.4, 0.5) is 5.69 Å². The van der Waals surface area contributed by atoms with Gasteiger partial charge in [0, 0.05) is 30.2 Å². The minimum absolute atomic E-state index is 0.0109. The highest BCUT2D eigenvalue weighted by molar-refractivity contribution is 9.09. The van der Waals surface area contributed by atoms with E-state index in [1.54, 1.807) is 17.2 Å². The zero-order valence-corrected chi connectivity index (χ0v) is 10.8. The molecule has 1 aliphatic heterocycles. The number of nitrogens with zero attached hydrogens (tertiary/aromatic N) is 2. The average Bonchev–Trinajstić information content (AvgIpc) is 2.67. The Balaban J connectivity index is 2.38. The van der Waals surface area contributed by atoms with Crippen LogP contribution in [0.1, 0.15) is 16.8 Å². The molecule has 0 spiro atoms. The lowest BCUT2D eigenvalue weighted by Gasteiger charge is -2.18. The number of hydrogen-bond acceptors (Lipinski definition) is 4. The summed E-state index contributed by atoms with van der Waals surface area (Å²) in [6.45, 7) is 0.548. The molecule has 1 unspecified atom stereocenters. The molecule has 1 fully saturated rings. The average molecular weight is 299 g/mol. The van der Waals surface area contributed by atoms with Crippen molar-refractivity contribution < 1.29 is 14.3 Å². The van der Waals surface area contributed by atoms with Crippen molar-refractivity contribution in [3.8, 4) is 0 Å². The Kier molecular flexibility index (Phi) is 3.42. The topological polar surface area (TPSA) is 59.5 Å². The minimum Gasteiger partial charge on any atom is -0.465 e. The molecule has 0 bridgehead atoms. The summed E-state index contributed by atoms with van der Waals surface area (Å²) in [5, 5.41) is 0. The maximum Gasteiger partial charge on any atom is 0.341 e. The Hall–Kier alpha value is -1.43. The summed E-state index contributed by atoms with van der Waals surface area (Å²) in [6.07, 6.45) is 3.40. The highest BCUT2D eigenvalue weighted by atomic mass is 79.9. The van der Waals surface area contributed by atoms with Crippen LogP contribution in [-0.2, 0) is 9.53 Å². The third kappa shape index (κ3) is 2.31. The fourth-order valence-corrected chi connectivity index (χ4v) is 2.35. The van der Waals surface area contributed by atoms with Crippen LogP contribution in [0.2, 0.25) is 0 Å². The quantitative estimate of drug-likeness (QED) is 0.611. The van der Waals surface area contributed by atoms with Crippen LogP contribution in [0.3, 0.4) is 0 Å². The van der Waals surface area contributed by atoms with Crippen LogP contribution in [0.15, 0.2) is 18.5 Å². The largest absolute Gasteiger partial charge is 0.465 e. The number of carbonyl (C=O) groups is 2. The van der Waals surface area contributed by atoms with Crippen molar-refractivity contribution in [3.63, 3.8) is 0 Å². The molecule has 0 saturated carbocycles. The van der Waals surface area contributed by atoms with Crippen LogP contribution < -0.4 is 4.90 Å². The van der Waals surface area contributed by atoms with E-state index in [0.717, 1.165) is 0 Å². The monoisotopic (exact) mass is 298 g/mol. The Labute approximate surface area is 107 Å². The maximum absolute atomic E-state index is 11.8. The van der Waals surface area contributed by atoms with E-state index >= 15 is 0 Å². The summed E-state index contributed by atoms with van der Waals surface area (Å²) in [5.74, 6) is -0.498. The van der Waals surface area contributed by atoms with Gasteiger partial charge in [0.05, 0.1) is 12.8 Å². The normalized spacial score (nSPS) is 19.5. The number of anilines is 1. The molecule has 2 rings (SSSR count). The maximum atomic E-state index is 11.8. The number of aromatic nitrogens is 1. The van der Waals surface area contributed by atoms with Gasteiger partial charge >= 0.3 is 5.97 Å². The second-order valence-corrected chi connectivity index (χ2v) is 4.99. The first-order chi connectivity index (χ1) is 8.13. The molecule has 1 atom stereocenters. The summed E-state index contributed by atoms with van der Waals surface area (Å²) in [7, 11) is 1.30. The van der Waals surface area contributed by atoms with Gasteiger partial charge in [-0.3, -0.25) is 9.78 Å². The van der Waals surface area contributed by atoms with Gasteiger partial charge in [-0.2, -0.15) is 0 Å². The zero-order chi connectivity index (χ0) is 12.4. The number of hydrogen-bond donors (Lipinski definition) is 0. The Bertz CT molecular complexity index is 464. The van der Waals surface area contributed by atoms with Gasteiger partial charge in [-0.15, -0.1) is 0 Å². The molecule has 1 aliphatic rings. The number of halogens is 1. The fourth-order valence-electron chi connectivity index (χ4n) is 1.79. The van der Waals surface area contributed by atoms with E-state index in [1.165, 1.54) is 13.3 Å². The standard InChI is InChI=1S/C11H11BrN2O3/c1-17-11(16)8-5-13-3-2-9(8)14-6-7(12)4-10(14)15/h2-3,5,7H,4,6H2,1H3. The number of pyridine rings is 1. The molecule has 0 N–H and O–H groups in total.